The Morgan fingerprint density at radius 2 is 1.91 bits per heavy atom. The lowest BCUT2D eigenvalue weighted by Crippen LogP contribution is -2.49. The van der Waals surface area contributed by atoms with Gasteiger partial charge >= 0.3 is 5.97 Å². The van der Waals surface area contributed by atoms with Crippen molar-refractivity contribution in [2.75, 3.05) is 26.8 Å². The molecule has 0 spiro atoms. The second kappa shape index (κ2) is 7.14. The van der Waals surface area contributed by atoms with Gasteiger partial charge in [-0.25, -0.2) is 4.79 Å². The molecule has 120 valence electrons. The van der Waals surface area contributed by atoms with E-state index in [2.05, 4.69) is 4.90 Å². The summed E-state index contributed by atoms with van der Waals surface area (Å²) in [5.74, 6) is 1.02. The summed E-state index contributed by atoms with van der Waals surface area (Å²) in [6.45, 7) is 2.98. The van der Waals surface area contributed by atoms with Crippen LogP contribution >= 0.6 is 0 Å². The zero-order chi connectivity index (χ0) is 15.4. The van der Waals surface area contributed by atoms with Gasteiger partial charge in [0.15, 0.2) is 0 Å². The molecular weight excluding hydrogens is 278 g/mol. The van der Waals surface area contributed by atoms with Gasteiger partial charge in [0, 0.05) is 12.0 Å². The van der Waals surface area contributed by atoms with Gasteiger partial charge in [-0.15, -0.1) is 0 Å². The number of piperidine rings is 2. The summed E-state index contributed by atoms with van der Waals surface area (Å²) in [7, 11) is 1.62. The number of methoxy groups -OCH3 is 1. The Kier molecular flexibility index (Phi) is 4.98. The number of carbonyl (C=O) groups is 1. The van der Waals surface area contributed by atoms with Crippen molar-refractivity contribution in [1.82, 2.24) is 4.90 Å². The van der Waals surface area contributed by atoms with Crippen molar-refractivity contribution in [2.45, 2.75) is 38.1 Å². The minimum atomic E-state index is -0.226. The molecule has 0 aliphatic carbocycles. The number of hydrogen-bond acceptors (Lipinski definition) is 4. The zero-order valence-corrected chi connectivity index (χ0v) is 13.3. The summed E-state index contributed by atoms with van der Waals surface area (Å²) in [5, 5.41) is 0. The molecule has 4 heteroatoms. The van der Waals surface area contributed by atoms with Crippen LogP contribution in [-0.4, -0.2) is 43.7 Å². The number of ether oxygens (including phenoxy) is 2. The molecule has 2 atom stereocenters. The number of carbonyl (C=O) groups excluding carboxylic acids is 1. The Morgan fingerprint density at radius 3 is 2.68 bits per heavy atom. The predicted molar refractivity (Wildman–Crippen MR) is 85.2 cm³/mol. The van der Waals surface area contributed by atoms with Crippen LogP contribution in [0.2, 0.25) is 0 Å². The van der Waals surface area contributed by atoms with Crippen LogP contribution in [0.4, 0.5) is 0 Å². The quantitative estimate of drug-likeness (QED) is 0.801. The Balaban J connectivity index is 1.55. The van der Waals surface area contributed by atoms with E-state index < -0.39 is 0 Å². The van der Waals surface area contributed by atoms with E-state index in [0.29, 0.717) is 24.1 Å². The van der Waals surface area contributed by atoms with Gasteiger partial charge in [-0.2, -0.15) is 0 Å². The highest BCUT2D eigenvalue weighted by atomic mass is 16.5. The maximum atomic E-state index is 12.2. The summed E-state index contributed by atoms with van der Waals surface area (Å²) in [4.78, 5) is 14.8. The lowest BCUT2D eigenvalue weighted by Gasteiger charge is -2.44. The molecule has 2 heterocycles. The second-order valence-corrected chi connectivity index (χ2v) is 6.33. The molecule has 3 rings (SSSR count). The van der Waals surface area contributed by atoms with Crippen LogP contribution in [0.3, 0.4) is 0 Å². The largest absolute Gasteiger partial charge is 0.497 e. The summed E-state index contributed by atoms with van der Waals surface area (Å²) >= 11 is 0. The maximum Gasteiger partial charge on any atom is 0.338 e. The number of esters is 1. The number of benzene rings is 1. The molecule has 2 aliphatic rings. The second-order valence-electron chi connectivity index (χ2n) is 6.33. The van der Waals surface area contributed by atoms with E-state index in [1.54, 1.807) is 31.4 Å². The van der Waals surface area contributed by atoms with Crippen molar-refractivity contribution in [1.29, 1.82) is 0 Å². The fourth-order valence-electron chi connectivity index (χ4n) is 3.76. The fraction of sp³-hybridized carbons (Fsp3) is 0.611. The van der Waals surface area contributed by atoms with Crippen molar-refractivity contribution < 1.29 is 14.3 Å². The first kappa shape index (κ1) is 15.3. The standard InChI is InChI=1S/C18H25NO3/c1-21-16-9-7-14(8-10-16)18(20)22-13-15-5-4-12-19-11-3-2-6-17(15)19/h7-10,15,17H,2-6,11-13H2,1H3/t15-,17+/m0/s1. The molecule has 0 N–H and O–H groups in total. The Labute approximate surface area is 132 Å². The maximum absolute atomic E-state index is 12.2. The third kappa shape index (κ3) is 3.43. The van der Waals surface area contributed by atoms with Gasteiger partial charge in [-0.3, -0.25) is 4.90 Å². The minimum absolute atomic E-state index is 0.226. The molecule has 2 aliphatic heterocycles. The van der Waals surface area contributed by atoms with Gasteiger partial charge in [0.25, 0.3) is 0 Å². The van der Waals surface area contributed by atoms with Crippen molar-refractivity contribution in [3.05, 3.63) is 29.8 Å². The molecule has 4 nitrogen and oxygen atoms in total. The number of nitrogens with zero attached hydrogens (tertiary/aromatic N) is 1. The molecule has 0 aromatic heterocycles. The number of hydrogen-bond donors (Lipinski definition) is 0. The van der Waals surface area contributed by atoms with Crippen molar-refractivity contribution >= 4 is 5.97 Å². The van der Waals surface area contributed by atoms with Gasteiger partial charge in [0.2, 0.25) is 0 Å². The lowest BCUT2D eigenvalue weighted by molar-refractivity contribution is 0.00739. The smallest absolute Gasteiger partial charge is 0.338 e. The summed E-state index contributed by atoms with van der Waals surface area (Å²) in [5.41, 5.74) is 0.595. The van der Waals surface area contributed by atoms with E-state index >= 15 is 0 Å². The molecule has 22 heavy (non-hydrogen) atoms. The minimum Gasteiger partial charge on any atom is -0.497 e. The van der Waals surface area contributed by atoms with E-state index in [-0.39, 0.29) is 5.97 Å². The molecular formula is C18H25NO3. The topological polar surface area (TPSA) is 38.8 Å². The van der Waals surface area contributed by atoms with Crippen molar-refractivity contribution in [2.24, 2.45) is 5.92 Å². The Bertz CT molecular complexity index is 498. The first-order valence-corrected chi connectivity index (χ1v) is 8.33. The third-order valence-electron chi connectivity index (χ3n) is 4.98. The van der Waals surface area contributed by atoms with E-state index in [1.807, 2.05) is 0 Å². The highest BCUT2D eigenvalue weighted by Crippen LogP contribution is 2.31. The van der Waals surface area contributed by atoms with Crippen LogP contribution in [0.25, 0.3) is 0 Å². The van der Waals surface area contributed by atoms with E-state index in [0.717, 1.165) is 5.75 Å². The lowest BCUT2D eigenvalue weighted by atomic mass is 9.84. The van der Waals surface area contributed by atoms with Crippen LogP contribution in [0.15, 0.2) is 24.3 Å². The Morgan fingerprint density at radius 1 is 1.14 bits per heavy atom. The van der Waals surface area contributed by atoms with Crippen LogP contribution < -0.4 is 4.74 Å². The molecule has 1 aromatic carbocycles. The molecule has 0 amide bonds. The molecule has 1 aromatic rings. The summed E-state index contributed by atoms with van der Waals surface area (Å²) < 4.78 is 10.7. The normalized spacial score (nSPS) is 25.3. The SMILES string of the molecule is COc1ccc(C(=O)OC[C@@H]2CCCN3CCCC[C@H]23)cc1. The Hall–Kier alpha value is -1.55. The van der Waals surface area contributed by atoms with Gasteiger partial charge in [-0.1, -0.05) is 6.42 Å². The average molecular weight is 303 g/mol. The van der Waals surface area contributed by atoms with E-state index in [1.165, 1.54) is 45.2 Å². The molecule has 2 fully saturated rings. The van der Waals surface area contributed by atoms with Crippen molar-refractivity contribution in [3.8, 4) is 5.75 Å². The van der Waals surface area contributed by atoms with Gasteiger partial charge < -0.3 is 9.47 Å². The van der Waals surface area contributed by atoms with E-state index in [9.17, 15) is 4.79 Å². The summed E-state index contributed by atoms with van der Waals surface area (Å²) in [6, 6.07) is 7.72. The van der Waals surface area contributed by atoms with E-state index in [4.69, 9.17) is 9.47 Å². The fourth-order valence-corrected chi connectivity index (χ4v) is 3.76. The van der Waals surface area contributed by atoms with Gasteiger partial charge in [0.1, 0.15) is 5.75 Å². The van der Waals surface area contributed by atoms with Gasteiger partial charge in [-0.05, 0) is 63.0 Å². The number of rotatable bonds is 4. The van der Waals surface area contributed by atoms with Crippen LogP contribution in [0.1, 0.15) is 42.5 Å². The van der Waals surface area contributed by atoms with Crippen molar-refractivity contribution in [3.63, 3.8) is 0 Å². The number of fused-ring (bicyclic) bond motifs is 1. The molecule has 0 bridgehead atoms. The first-order valence-electron chi connectivity index (χ1n) is 8.33. The predicted octanol–water partition coefficient (Wildman–Crippen LogP) is 3.12. The van der Waals surface area contributed by atoms with Crippen LogP contribution in [0.5, 0.6) is 5.75 Å². The molecule has 0 unspecified atom stereocenters. The van der Waals surface area contributed by atoms with Crippen LogP contribution in [0, 0.1) is 5.92 Å². The molecule has 2 saturated heterocycles. The monoisotopic (exact) mass is 303 g/mol. The average Bonchev–Trinajstić information content (AvgIpc) is 2.59. The zero-order valence-electron chi connectivity index (χ0n) is 13.3. The highest BCUT2D eigenvalue weighted by Gasteiger charge is 2.33. The summed E-state index contributed by atoms with van der Waals surface area (Å²) in [6.07, 6.45) is 6.28. The van der Waals surface area contributed by atoms with Gasteiger partial charge in [0.05, 0.1) is 19.3 Å². The third-order valence-corrected chi connectivity index (χ3v) is 4.98. The first-order chi connectivity index (χ1) is 10.8. The highest BCUT2D eigenvalue weighted by molar-refractivity contribution is 5.89. The molecule has 0 radical (unpaired) electrons. The van der Waals surface area contributed by atoms with Crippen LogP contribution in [-0.2, 0) is 4.74 Å². The molecule has 0 saturated carbocycles.